The minimum atomic E-state index is -0.633. The predicted molar refractivity (Wildman–Crippen MR) is 136 cm³/mol. The summed E-state index contributed by atoms with van der Waals surface area (Å²) in [6.07, 6.45) is 3.07. The summed E-state index contributed by atoms with van der Waals surface area (Å²) in [5.74, 6) is 0.174. The fourth-order valence-corrected chi connectivity index (χ4v) is 4.56. The van der Waals surface area contributed by atoms with Crippen LogP contribution in [0, 0.1) is 6.92 Å². The van der Waals surface area contributed by atoms with Crippen LogP contribution in [0.4, 0.5) is 10.6 Å². The van der Waals surface area contributed by atoms with Crippen molar-refractivity contribution in [2.75, 3.05) is 33.1 Å². The molecule has 0 saturated carbocycles. The summed E-state index contributed by atoms with van der Waals surface area (Å²) in [5.41, 5.74) is 8.63. The standard InChI is InChI=1S/C25H33N7O5/c1-14-7-19(32-20(14)21(26)28-13-29-32)15-8-18(23(36-6)27-10-15)22(33)30-16-9-17(12-35-5)31(11-16)24(34)37-25(2,3)4/h7-8,10,13,16-17H,9,11-12H2,1-6H3,(H,30,33)(H2,26,28,29)/t16-,17-/m0/s1. The van der Waals surface area contributed by atoms with Crippen LogP contribution in [0.5, 0.6) is 5.88 Å². The first-order valence-electron chi connectivity index (χ1n) is 11.9. The molecule has 0 aliphatic carbocycles. The van der Waals surface area contributed by atoms with Crippen molar-refractivity contribution in [3.8, 4) is 17.1 Å². The maximum atomic E-state index is 13.4. The normalized spacial score (nSPS) is 17.7. The number of amides is 2. The van der Waals surface area contributed by atoms with Crippen LogP contribution < -0.4 is 15.8 Å². The van der Waals surface area contributed by atoms with Gasteiger partial charge in [-0.15, -0.1) is 0 Å². The van der Waals surface area contributed by atoms with Crippen molar-refractivity contribution in [1.29, 1.82) is 0 Å². The average molecular weight is 512 g/mol. The minimum Gasteiger partial charge on any atom is -0.480 e. The van der Waals surface area contributed by atoms with Crippen LogP contribution >= 0.6 is 0 Å². The Kier molecular flexibility index (Phi) is 7.21. The summed E-state index contributed by atoms with van der Waals surface area (Å²) in [4.78, 5) is 36.2. The van der Waals surface area contributed by atoms with Gasteiger partial charge in [-0.1, -0.05) is 0 Å². The second kappa shape index (κ2) is 10.2. The number of rotatable bonds is 6. The fourth-order valence-electron chi connectivity index (χ4n) is 4.56. The van der Waals surface area contributed by atoms with Gasteiger partial charge in [-0.05, 0) is 51.8 Å². The lowest BCUT2D eigenvalue weighted by Crippen LogP contribution is -2.43. The van der Waals surface area contributed by atoms with Crippen LogP contribution in [-0.2, 0) is 9.47 Å². The monoisotopic (exact) mass is 511 g/mol. The number of nitrogens with two attached hydrogens (primary N) is 1. The molecule has 4 heterocycles. The molecule has 2 atom stereocenters. The molecule has 3 N–H and O–H groups in total. The Morgan fingerprint density at radius 1 is 1.22 bits per heavy atom. The highest BCUT2D eigenvalue weighted by Gasteiger charge is 2.38. The van der Waals surface area contributed by atoms with Crippen molar-refractivity contribution >= 4 is 23.3 Å². The molecule has 12 nitrogen and oxygen atoms in total. The number of hydrogen-bond acceptors (Lipinski definition) is 9. The quantitative estimate of drug-likeness (QED) is 0.509. The molecule has 2 amide bonds. The van der Waals surface area contributed by atoms with Crippen LogP contribution in [-0.4, -0.2) is 81.5 Å². The molecule has 12 heteroatoms. The Hall–Kier alpha value is -3.93. The summed E-state index contributed by atoms with van der Waals surface area (Å²) in [6, 6.07) is 3.08. The number of pyridine rings is 1. The van der Waals surface area contributed by atoms with E-state index in [1.807, 2.05) is 33.8 Å². The Labute approximate surface area is 215 Å². The van der Waals surface area contributed by atoms with E-state index in [9.17, 15) is 9.59 Å². The van der Waals surface area contributed by atoms with Gasteiger partial charge in [0.15, 0.2) is 5.82 Å². The molecule has 1 aliphatic rings. The van der Waals surface area contributed by atoms with Gasteiger partial charge in [-0.25, -0.2) is 19.3 Å². The Bertz CT molecular complexity index is 1320. The van der Waals surface area contributed by atoms with Gasteiger partial charge in [-0.3, -0.25) is 4.79 Å². The van der Waals surface area contributed by atoms with Gasteiger partial charge in [0.05, 0.1) is 25.5 Å². The van der Waals surface area contributed by atoms with Crippen LogP contribution in [0.3, 0.4) is 0 Å². The number of anilines is 1. The molecular formula is C25H33N7O5. The van der Waals surface area contributed by atoms with Crippen molar-refractivity contribution < 1.29 is 23.8 Å². The molecule has 0 bridgehead atoms. The highest BCUT2D eigenvalue weighted by atomic mass is 16.6. The third-order valence-corrected chi connectivity index (χ3v) is 6.09. The number of carbonyl (C=O) groups excluding carboxylic acids is 2. The number of carbonyl (C=O) groups is 2. The summed E-state index contributed by atoms with van der Waals surface area (Å²) in [5, 5.41) is 7.34. The van der Waals surface area contributed by atoms with Gasteiger partial charge in [0.25, 0.3) is 5.91 Å². The van der Waals surface area contributed by atoms with E-state index in [1.165, 1.54) is 13.4 Å². The van der Waals surface area contributed by atoms with Gasteiger partial charge < -0.3 is 30.2 Å². The zero-order valence-electron chi connectivity index (χ0n) is 21.9. The Morgan fingerprint density at radius 2 is 1.97 bits per heavy atom. The van der Waals surface area contributed by atoms with Gasteiger partial charge in [0.2, 0.25) is 5.88 Å². The number of aromatic nitrogens is 4. The van der Waals surface area contributed by atoms with Crippen LogP contribution in [0.25, 0.3) is 16.8 Å². The predicted octanol–water partition coefficient (Wildman–Crippen LogP) is 2.44. The molecule has 0 spiro atoms. The lowest BCUT2D eigenvalue weighted by atomic mass is 10.1. The molecule has 1 fully saturated rings. The molecule has 198 valence electrons. The average Bonchev–Trinajstić information content (AvgIpc) is 3.39. The van der Waals surface area contributed by atoms with Gasteiger partial charge in [0.1, 0.15) is 23.0 Å². The number of hydrogen-bond donors (Lipinski definition) is 2. The van der Waals surface area contributed by atoms with Gasteiger partial charge >= 0.3 is 6.09 Å². The zero-order chi connectivity index (χ0) is 26.9. The van der Waals surface area contributed by atoms with Crippen molar-refractivity contribution in [2.45, 2.75) is 51.8 Å². The maximum Gasteiger partial charge on any atom is 0.410 e. The molecule has 0 unspecified atom stereocenters. The number of nitrogen functional groups attached to an aromatic ring is 1. The lowest BCUT2D eigenvalue weighted by molar-refractivity contribution is 0.0146. The molecule has 37 heavy (non-hydrogen) atoms. The summed E-state index contributed by atoms with van der Waals surface area (Å²) in [6.45, 7) is 7.98. The molecule has 3 aromatic heterocycles. The van der Waals surface area contributed by atoms with Crippen molar-refractivity contribution in [3.05, 3.63) is 35.8 Å². The smallest absolute Gasteiger partial charge is 0.410 e. The van der Waals surface area contributed by atoms with E-state index in [2.05, 4.69) is 20.4 Å². The second-order valence-corrected chi connectivity index (χ2v) is 10.0. The summed E-state index contributed by atoms with van der Waals surface area (Å²) < 4.78 is 17.9. The third kappa shape index (κ3) is 5.43. The number of fused-ring (bicyclic) bond motifs is 1. The molecular weight excluding hydrogens is 478 g/mol. The number of nitrogens with zero attached hydrogens (tertiary/aromatic N) is 5. The minimum absolute atomic E-state index is 0.184. The van der Waals surface area contributed by atoms with Crippen LogP contribution in [0.2, 0.25) is 0 Å². The number of methoxy groups -OCH3 is 2. The molecule has 3 aromatic rings. The number of aryl methyl sites for hydroxylation is 1. The summed E-state index contributed by atoms with van der Waals surface area (Å²) in [7, 11) is 3.03. The van der Waals surface area contributed by atoms with E-state index < -0.39 is 11.7 Å². The van der Waals surface area contributed by atoms with E-state index >= 15 is 0 Å². The lowest BCUT2D eigenvalue weighted by Gasteiger charge is -2.28. The Morgan fingerprint density at radius 3 is 2.65 bits per heavy atom. The van der Waals surface area contributed by atoms with E-state index in [0.717, 1.165) is 5.56 Å². The van der Waals surface area contributed by atoms with Crippen molar-refractivity contribution in [1.82, 2.24) is 29.8 Å². The number of nitrogens with one attached hydrogen (secondary N) is 1. The number of likely N-dealkylation sites (tertiary alicyclic amines) is 1. The molecule has 1 saturated heterocycles. The zero-order valence-corrected chi connectivity index (χ0v) is 21.9. The molecule has 4 rings (SSSR count). The van der Waals surface area contributed by atoms with E-state index in [0.29, 0.717) is 42.2 Å². The van der Waals surface area contributed by atoms with E-state index in [-0.39, 0.29) is 29.4 Å². The van der Waals surface area contributed by atoms with Gasteiger partial charge in [-0.2, -0.15) is 5.10 Å². The first-order valence-corrected chi connectivity index (χ1v) is 11.9. The molecule has 0 aromatic carbocycles. The van der Waals surface area contributed by atoms with E-state index in [4.69, 9.17) is 19.9 Å². The topological polar surface area (TPSA) is 146 Å². The first kappa shape index (κ1) is 26.1. The highest BCUT2D eigenvalue weighted by Crippen LogP contribution is 2.30. The fraction of sp³-hybridized carbons (Fsp3) is 0.480. The van der Waals surface area contributed by atoms with Crippen molar-refractivity contribution in [2.24, 2.45) is 0 Å². The second-order valence-electron chi connectivity index (χ2n) is 10.0. The number of ether oxygens (including phenoxy) is 3. The highest BCUT2D eigenvalue weighted by molar-refractivity contribution is 5.98. The van der Waals surface area contributed by atoms with Crippen LogP contribution in [0.1, 0.15) is 43.1 Å². The van der Waals surface area contributed by atoms with E-state index in [1.54, 1.807) is 28.8 Å². The van der Waals surface area contributed by atoms with Crippen molar-refractivity contribution in [3.63, 3.8) is 0 Å². The maximum absolute atomic E-state index is 13.4. The van der Waals surface area contributed by atoms with Gasteiger partial charge in [0, 0.05) is 31.5 Å². The summed E-state index contributed by atoms with van der Waals surface area (Å²) >= 11 is 0. The third-order valence-electron chi connectivity index (χ3n) is 6.09. The molecule has 0 radical (unpaired) electrons. The first-order chi connectivity index (χ1) is 17.5. The Balaban J connectivity index is 1.59. The van der Waals surface area contributed by atoms with Crippen LogP contribution in [0.15, 0.2) is 24.7 Å². The SMILES string of the molecule is COC[C@@H]1C[C@H](NC(=O)c2cc(-c3cc(C)c4c(N)ncnn34)cnc2OC)CN1C(=O)OC(C)(C)C. The largest absolute Gasteiger partial charge is 0.480 e. The molecule has 1 aliphatic heterocycles.